The molecule has 0 saturated carbocycles. The van der Waals surface area contributed by atoms with Gasteiger partial charge in [-0.15, -0.1) is 0 Å². The van der Waals surface area contributed by atoms with Gasteiger partial charge in [-0.25, -0.2) is 9.37 Å². The minimum absolute atomic E-state index is 0.0181. The first-order valence-electron chi connectivity index (χ1n) is 9.01. The molecule has 0 aliphatic rings. The molecule has 0 saturated heterocycles. The summed E-state index contributed by atoms with van der Waals surface area (Å²) in [5.74, 6) is 0.547. The maximum atomic E-state index is 14.3. The topological polar surface area (TPSA) is 93.5 Å². The Morgan fingerprint density at radius 3 is 2.59 bits per heavy atom. The van der Waals surface area contributed by atoms with Crippen LogP contribution in [0, 0.1) is 12.7 Å². The van der Waals surface area contributed by atoms with Gasteiger partial charge >= 0.3 is 0 Å². The van der Waals surface area contributed by atoms with E-state index in [1.807, 2.05) is 6.92 Å². The number of carbonyl (C=O) groups excluding carboxylic acids is 1. The highest BCUT2D eigenvalue weighted by molar-refractivity contribution is 5.94. The Hall–Kier alpha value is -3.39. The van der Waals surface area contributed by atoms with E-state index in [9.17, 15) is 9.18 Å². The third-order valence-corrected chi connectivity index (χ3v) is 4.35. The molecule has 2 aromatic carbocycles. The number of methoxy groups -OCH3 is 1. The van der Waals surface area contributed by atoms with Gasteiger partial charge in [0.2, 0.25) is 0 Å². The molecule has 29 heavy (non-hydrogen) atoms. The van der Waals surface area contributed by atoms with Crippen LogP contribution in [0.2, 0.25) is 0 Å². The third-order valence-electron chi connectivity index (χ3n) is 4.35. The summed E-state index contributed by atoms with van der Waals surface area (Å²) in [5.41, 5.74) is 7.48. The largest absolute Gasteiger partial charge is 0.493 e. The summed E-state index contributed by atoms with van der Waals surface area (Å²) in [4.78, 5) is 21.6. The predicted molar refractivity (Wildman–Crippen MR) is 106 cm³/mol. The molecule has 0 aliphatic heterocycles. The van der Waals surface area contributed by atoms with Gasteiger partial charge in [0, 0.05) is 31.0 Å². The summed E-state index contributed by atoms with van der Waals surface area (Å²) in [5, 5.41) is 0. The number of aryl methyl sites for hydroxylation is 1. The fourth-order valence-corrected chi connectivity index (χ4v) is 2.83. The number of halogens is 1. The number of ether oxygens (including phenoxy) is 2. The van der Waals surface area contributed by atoms with Gasteiger partial charge in [-0.2, -0.15) is 0 Å². The van der Waals surface area contributed by atoms with Crippen LogP contribution in [0.3, 0.4) is 0 Å². The third kappa shape index (κ3) is 4.72. The molecule has 3 N–H and O–H groups in total. The van der Waals surface area contributed by atoms with Crippen molar-refractivity contribution in [2.24, 2.45) is 5.73 Å². The number of rotatable bonds is 7. The standard InChI is InChI=1S/C21H23FN4O3/c1-13-11-24-20(25-13)12-26(2)21(27)15-5-7-18(28-3)19(9-15)29-17-6-4-14(10-23)8-16(17)22/h4-9,11H,10,12,23H2,1-3H3,(H,24,25). The SMILES string of the molecule is COc1ccc(C(=O)N(C)Cc2ncc(C)[nH]2)cc1Oc1ccc(CN)cc1F. The minimum atomic E-state index is -0.544. The van der Waals surface area contributed by atoms with E-state index >= 15 is 0 Å². The van der Waals surface area contributed by atoms with Crippen molar-refractivity contribution in [2.75, 3.05) is 14.2 Å². The Kier molecular flexibility index (Phi) is 6.13. The molecule has 152 valence electrons. The highest BCUT2D eigenvalue weighted by atomic mass is 19.1. The molecule has 0 spiro atoms. The van der Waals surface area contributed by atoms with Crippen LogP contribution in [-0.2, 0) is 13.1 Å². The number of aromatic amines is 1. The fourth-order valence-electron chi connectivity index (χ4n) is 2.83. The molecular weight excluding hydrogens is 375 g/mol. The van der Waals surface area contributed by atoms with Crippen LogP contribution in [0.4, 0.5) is 4.39 Å². The minimum Gasteiger partial charge on any atom is -0.493 e. The van der Waals surface area contributed by atoms with E-state index in [1.54, 1.807) is 31.4 Å². The molecule has 1 aromatic heterocycles. The number of carbonyl (C=O) groups is 1. The lowest BCUT2D eigenvalue weighted by molar-refractivity contribution is 0.0781. The van der Waals surface area contributed by atoms with Gasteiger partial charge in [0.15, 0.2) is 23.1 Å². The molecule has 3 rings (SSSR count). The van der Waals surface area contributed by atoms with Crippen molar-refractivity contribution in [1.82, 2.24) is 14.9 Å². The van der Waals surface area contributed by atoms with Gasteiger partial charge in [-0.05, 0) is 42.8 Å². The first-order chi connectivity index (χ1) is 13.9. The van der Waals surface area contributed by atoms with Crippen molar-refractivity contribution < 1.29 is 18.7 Å². The molecule has 1 heterocycles. The predicted octanol–water partition coefficient (Wildman–Crippen LogP) is 3.39. The highest BCUT2D eigenvalue weighted by Gasteiger charge is 2.17. The smallest absolute Gasteiger partial charge is 0.254 e. The van der Waals surface area contributed by atoms with Crippen LogP contribution in [0.15, 0.2) is 42.6 Å². The lowest BCUT2D eigenvalue weighted by atomic mass is 10.1. The van der Waals surface area contributed by atoms with Gasteiger partial charge in [-0.3, -0.25) is 4.79 Å². The van der Waals surface area contributed by atoms with Crippen molar-refractivity contribution >= 4 is 5.91 Å². The highest BCUT2D eigenvalue weighted by Crippen LogP contribution is 2.34. The number of H-pyrrole nitrogens is 1. The van der Waals surface area contributed by atoms with Gasteiger partial charge < -0.3 is 25.1 Å². The van der Waals surface area contributed by atoms with Crippen molar-refractivity contribution in [3.05, 3.63) is 71.1 Å². The van der Waals surface area contributed by atoms with Crippen molar-refractivity contribution in [3.8, 4) is 17.2 Å². The number of hydrogen-bond donors (Lipinski definition) is 2. The van der Waals surface area contributed by atoms with Crippen LogP contribution in [-0.4, -0.2) is 34.9 Å². The van der Waals surface area contributed by atoms with Gasteiger partial charge in [0.1, 0.15) is 5.82 Å². The molecule has 0 unspecified atom stereocenters. The molecule has 0 bridgehead atoms. The molecule has 0 radical (unpaired) electrons. The molecule has 8 heteroatoms. The average molecular weight is 398 g/mol. The molecule has 0 fully saturated rings. The molecule has 7 nitrogen and oxygen atoms in total. The van der Waals surface area contributed by atoms with Crippen LogP contribution in [0.1, 0.15) is 27.4 Å². The summed E-state index contributed by atoms with van der Waals surface area (Å²) in [6.07, 6.45) is 1.71. The zero-order valence-electron chi connectivity index (χ0n) is 16.5. The van der Waals surface area contributed by atoms with E-state index in [-0.39, 0.29) is 24.0 Å². The summed E-state index contributed by atoms with van der Waals surface area (Å²) < 4.78 is 25.3. The average Bonchev–Trinajstić information content (AvgIpc) is 3.13. The number of nitrogens with one attached hydrogen (secondary N) is 1. The Balaban J connectivity index is 1.83. The zero-order chi connectivity index (χ0) is 21.0. The Morgan fingerprint density at radius 1 is 1.21 bits per heavy atom. The summed E-state index contributed by atoms with van der Waals surface area (Å²) in [6.45, 7) is 2.45. The quantitative estimate of drug-likeness (QED) is 0.636. The van der Waals surface area contributed by atoms with Crippen LogP contribution < -0.4 is 15.2 Å². The molecular formula is C21H23FN4O3. The first-order valence-corrected chi connectivity index (χ1v) is 9.01. The molecule has 3 aromatic rings. The lowest BCUT2D eigenvalue weighted by Crippen LogP contribution is -2.26. The Morgan fingerprint density at radius 2 is 1.97 bits per heavy atom. The number of imidazole rings is 1. The fraction of sp³-hybridized carbons (Fsp3) is 0.238. The van der Waals surface area contributed by atoms with Gasteiger partial charge in [0.05, 0.1) is 13.7 Å². The van der Waals surface area contributed by atoms with Crippen LogP contribution in [0.5, 0.6) is 17.2 Å². The molecule has 0 atom stereocenters. The maximum Gasteiger partial charge on any atom is 0.254 e. The number of amides is 1. The Bertz CT molecular complexity index is 1020. The van der Waals surface area contributed by atoms with E-state index < -0.39 is 5.82 Å². The van der Waals surface area contributed by atoms with Crippen LogP contribution >= 0.6 is 0 Å². The number of benzene rings is 2. The second kappa shape index (κ2) is 8.74. The lowest BCUT2D eigenvalue weighted by Gasteiger charge is -2.17. The van der Waals surface area contributed by atoms with E-state index in [0.29, 0.717) is 29.2 Å². The second-order valence-corrected chi connectivity index (χ2v) is 6.61. The molecule has 1 amide bonds. The monoisotopic (exact) mass is 398 g/mol. The van der Waals surface area contributed by atoms with Crippen LogP contribution in [0.25, 0.3) is 0 Å². The number of nitrogens with two attached hydrogens (primary N) is 1. The number of nitrogens with zero attached hydrogens (tertiary/aromatic N) is 2. The van der Waals surface area contributed by atoms with E-state index in [2.05, 4.69) is 9.97 Å². The van der Waals surface area contributed by atoms with Crippen molar-refractivity contribution in [1.29, 1.82) is 0 Å². The van der Waals surface area contributed by atoms with Gasteiger partial charge in [0.25, 0.3) is 5.91 Å². The number of aromatic nitrogens is 2. The van der Waals surface area contributed by atoms with Gasteiger partial charge in [-0.1, -0.05) is 6.07 Å². The first kappa shape index (κ1) is 20.3. The van der Waals surface area contributed by atoms with E-state index in [0.717, 1.165) is 5.69 Å². The normalized spacial score (nSPS) is 10.7. The second-order valence-electron chi connectivity index (χ2n) is 6.61. The van der Waals surface area contributed by atoms with E-state index in [4.69, 9.17) is 15.2 Å². The Labute approximate surface area is 168 Å². The zero-order valence-corrected chi connectivity index (χ0v) is 16.5. The molecule has 0 aliphatic carbocycles. The van der Waals surface area contributed by atoms with E-state index in [1.165, 1.54) is 30.2 Å². The summed E-state index contributed by atoms with van der Waals surface area (Å²) in [6, 6.07) is 9.26. The van der Waals surface area contributed by atoms with Crippen molar-refractivity contribution in [2.45, 2.75) is 20.0 Å². The van der Waals surface area contributed by atoms with Crippen molar-refractivity contribution in [3.63, 3.8) is 0 Å². The number of hydrogen-bond acceptors (Lipinski definition) is 5. The maximum absolute atomic E-state index is 14.3. The summed E-state index contributed by atoms with van der Waals surface area (Å²) in [7, 11) is 3.15. The summed E-state index contributed by atoms with van der Waals surface area (Å²) >= 11 is 0.